The van der Waals surface area contributed by atoms with Gasteiger partial charge in [-0.1, -0.05) is 30.7 Å². The number of fused-ring (bicyclic) bond motifs is 1. The number of nitrogens with one attached hydrogen (secondary N) is 2. The van der Waals surface area contributed by atoms with E-state index in [1.165, 1.54) is 36.7 Å². The summed E-state index contributed by atoms with van der Waals surface area (Å²) in [5.74, 6) is 0.622. The molecule has 0 spiro atoms. The van der Waals surface area contributed by atoms with Crippen LogP contribution >= 0.6 is 0 Å². The van der Waals surface area contributed by atoms with Crippen molar-refractivity contribution in [3.63, 3.8) is 0 Å². The standard InChI is InChI=1S/C29H41N7O2/c1-22(37)35-15-10-25(11-16-35)33-28-17-27(31-21-32-28)29(38)30-18-26(36-12-5-2-6-13-36)20-34-14-9-23-7-3-4-8-24(23)19-34/h3-4,7-8,17,21,25-26H,2,5-6,9-16,18-20H2,1H3,(H,30,38)(H,31,32,33). The lowest BCUT2D eigenvalue weighted by atomic mass is 9.99. The molecule has 2 aromatic rings. The van der Waals surface area contributed by atoms with E-state index in [-0.39, 0.29) is 23.9 Å². The third-order valence-electron chi connectivity index (χ3n) is 8.28. The molecule has 5 rings (SSSR count). The van der Waals surface area contributed by atoms with Gasteiger partial charge in [0.05, 0.1) is 0 Å². The predicted octanol–water partition coefficient (Wildman–Crippen LogP) is 2.54. The summed E-state index contributed by atoms with van der Waals surface area (Å²) in [5, 5.41) is 6.62. The zero-order valence-electron chi connectivity index (χ0n) is 22.6. The SMILES string of the molecule is CC(=O)N1CCC(Nc2cc(C(=O)NCC(CN3CCc4ccccc4C3)N3CCCCC3)ncn2)CC1. The number of piperidine rings is 2. The van der Waals surface area contributed by atoms with Crippen molar-refractivity contribution in [1.82, 2.24) is 30.0 Å². The second kappa shape index (κ2) is 12.7. The molecule has 2 N–H and O–H groups in total. The normalized spacial score (nSPS) is 20.0. The molecule has 2 amide bonds. The van der Waals surface area contributed by atoms with Gasteiger partial charge in [0.2, 0.25) is 5.91 Å². The van der Waals surface area contributed by atoms with Crippen LogP contribution in [0.25, 0.3) is 0 Å². The molecule has 0 saturated carbocycles. The van der Waals surface area contributed by atoms with E-state index in [9.17, 15) is 9.59 Å². The molecular formula is C29H41N7O2. The predicted molar refractivity (Wildman–Crippen MR) is 148 cm³/mol. The van der Waals surface area contributed by atoms with Gasteiger partial charge in [-0.2, -0.15) is 0 Å². The highest BCUT2D eigenvalue weighted by atomic mass is 16.2. The van der Waals surface area contributed by atoms with E-state index in [1.54, 1.807) is 13.0 Å². The van der Waals surface area contributed by atoms with Crippen LogP contribution in [0.1, 0.15) is 60.6 Å². The quantitative estimate of drug-likeness (QED) is 0.554. The van der Waals surface area contributed by atoms with Crippen LogP contribution in [0.15, 0.2) is 36.7 Å². The van der Waals surface area contributed by atoms with Crippen molar-refractivity contribution in [2.45, 2.75) is 64.1 Å². The second-order valence-electron chi connectivity index (χ2n) is 10.9. The third kappa shape index (κ3) is 6.88. The number of likely N-dealkylation sites (tertiary alicyclic amines) is 2. The van der Waals surface area contributed by atoms with Crippen molar-refractivity contribution >= 4 is 17.6 Å². The highest BCUT2D eigenvalue weighted by molar-refractivity contribution is 5.92. The molecule has 9 nitrogen and oxygen atoms in total. The molecule has 0 aliphatic carbocycles. The van der Waals surface area contributed by atoms with Crippen molar-refractivity contribution < 1.29 is 9.59 Å². The van der Waals surface area contributed by atoms with Crippen LogP contribution in [0.5, 0.6) is 0 Å². The van der Waals surface area contributed by atoms with Crippen molar-refractivity contribution in [3.8, 4) is 0 Å². The molecule has 38 heavy (non-hydrogen) atoms. The summed E-state index contributed by atoms with van der Waals surface area (Å²) < 4.78 is 0. The number of carbonyl (C=O) groups is 2. The van der Waals surface area contributed by atoms with Gasteiger partial charge in [-0.3, -0.25) is 19.4 Å². The average molecular weight is 520 g/mol. The van der Waals surface area contributed by atoms with Gasteiger partial charge in [0.15, 0.2) is 0 Å². The number of amides is 2. The Kier molecular flexibility index (Phi) is 8.86. The van der Waals surface area contributed by atoms with Crippen LogP contribution in [-0.2, 0) is 17.8 Å². The van der Waals surface area contributed by atoms with Gasteiger partial charge in [0, 0.05) is 64.3 Å². The number of benzene rings is 1. The molecule has 3 aliphatic heterocycles. The van der Waals surface area contributed by atoms with Gasteiger partial charge in [-0.15, -0.1) is 0 Å². The van der Waals surface area contributed by atoms with E-state index in [0.29, 0.717) is 18.1 Å². The molecule has 1 unspecified atom stereocenters. The van der Waals surface area contributed by atoms with E-state index in [2.05, 4.69) is 54.7 Å². The van der Waals surface area contributed by atoms with Gasteiger partial charge in [-0.25, -0.2) is 9.97 Å². The smallest absolute Gasteiger partial charge is 0.270 e. The number of hydrogen-bond donors (Lipinski definition) is 2. The summed E-state index contributed by atoms with van der Waals surface area (Å²) in [6.07, 6.45) is 8.00. The molecule has 1 aromatic heterocycles. The minimum atomic E-state index is -0.159. The van der Waals surface area contributed by atoms with Crippen LogP contribution < -0.4 is 10.6 Å². The fourth-order valence-corrected chi connectivity index (χ4v) is 6.01. The number of hydrogen-bond acceptors (Lipinski definition) is 7. The molecule has 1 aromatic carbocycles. The highest BCUT2D eigenvalue weighted by Gasteiger charge is 2.26. The van der Waals surface area contributed by atoms with Gasteiger partial charge >= 0.3 is 0 Å². The lowest BCUT2D eigenvalue weighted by molar-refractivity contribution is -0.129. The van der Waals surface area contributed by atoms with Crippen molar-refractivity contribution in [3.05, 3.63) is 53.5 Å². The van der Waals surface area contributed by atoms with Crippen molar-refractivity contribution in [2.24, 2.45) is 0 Å². The molecule has 204 valence electrons. The molecule has 3 aliphatic rings. The zero-order valence-corrected chi connectivity index (χ0v) is 22.6. The van der Waals surface area contributed by atoms with Gasteiger partial charge in [-0.05, 0) is 56.3 Å². The molecule has 4 heterocycles. The second-order valence-corrected chi connectivity index (χ2v) is 10.9. The van der Waals surface area contributed by atoms with Crippen molar-refractivity contribution in [2.75, 3.05) is 51.1 Å². The summed E-state index contributed by atoms with van der Waals surface area (Å²) in [6.45, 7) is 8.87. The molecule has 0 bridgehead atoms. The molecule has 0 radical (unpaired) electrons. The minimum Gasteiger partial charge on any atom is -0.367 e. The van der Waals surface area contributed by atoms with Gasteiger partial charge in [0.1, 0.15) is 17.8 Å². The first-order valence-corrected chi connectivity index (χ1v) is 14.2. The Morgan fingerprint density at radius 1 is 1.00 bits per heavy atom. The maximum atomic E-state index is 13.1. The Labute approximate surface area is 226 Å². The molecule has 2 fully saturated rings. The Hall–Kier alpha value is -3.04. The Bertz CT molecular complexity index is 1100. The molecule has 9 heteroatoms. The molecule has 2 saturated heterocycles. The zero-order chi connectivity index (χ0) is 26.3. The Balaban J connectivity index is 1.17. The first kappa shape index (κ1) is 26.6. The minimum absolute atomic E-state index is 0.123. The van der Waals surface area contributed by atoms with E-state index in [0.717, 1.165) is 65.1 Å². The van der Waals surface area contributed by atoms with E-state index >= 15 is 0 Å². The Morgan fingerprint density at radius 3 is 2.53 bits per heavy atom. The lowest BCUT2D eigenvalue weighted by Gasteiger charge is -2.39. The third-order valence-corrected chi connectivity index (χ3v) is 8.28. The summed E-state index contributed by atoms with van der Waals surface area (Å²) in [6, 6.07) is 11.0. The largest absolute Gasteiger partial charge is 0.367 e. The summed E-state index contributed by atoms with van der Waals surface area (Å²) in [4.78, 5) is 40.3. The first-order chi connectivity index (χ1) is 18.5. The van der Waals surface area contributed by atoms with Gasteiger partial charge < -0.3 is 15.5 Å². The van der Waals surface area contributed by atoms with E-state index in [4.69, 9.17) is 0 Å². The number of anilines is 1. The maximum Gasteiger partial charge on any atom is 0.270 e. The van der Waals surface area contributed by atoms with Crippen LogP contribution in [0, 0.1) is 0 Å². The lowest BCUT2D eigenvalue weighted by Crippen LogP contribution is -2.52. The average Bonchev–Trinajstić information content (AvgIpc) is 2.96. The Morgan fingerprint density at radius 2 is 1.76 bits per heavy atom. The van der Waals surface area contributed by atoms with E-state index < -0.39 is 0 Å². The van der Waals surface area contributed by atoms with Crippen LogP contribution in [0.4, 0.5) is 5.82 Å². The first-order valence-electron chi connectivity index (χ1n) is 14.2. The topological polar surface area (TPSA) is 93.7 Å². The molecular weight excluding hydrogens is 478 g/mol. The summed E-state index contributed by atoms with van der Waals surface area (Å²) in [7, 11) is 0. The molecule has 1 atom stereocenters. The maximum absolute atomic E-state index is 13.1. The number of carbonyl (C=O) groups excluding carboxylic acids is 2. The monoisotopic (exact) mass is 519 g/mol. The number of rotatable bonds is 8. The highest BCUT2D eigenvalue weighted by Crippen LogP contribution is 2.21. The van der Waals surface area contributed by atoms with Crippen LogP contribution in [-0.4, -0.2) is 94.4 Å². The number of aromatic nitrogens is 2. The number of nitrogens with zero attached hydrogens (tertiary/aromatic N) is 5. The fourth-order valence-electron chi connectivity index (χ4n) is 6.01. The fraction of sp³-hybridized carbons (Fsp3) is 0.586. The van der Waals surface area contributed by atoms with Gasteiger partial charge in [0.25, 0.3) is 5.91 Å². The van der Waals surface area contributed by atoms with E-state index in [1.807, 2.05) is 4.90 Å². The van der Waals surface area contributed by atoms with Crippen LogP contribution in [0.3, 0.4) is 0 Å². The summed E-state index contributed by atoms with van der Waals surface area (Å²) >= 11 is 0. The van der Waals surface area contributed by atoms with Crippen molar-refractivity contribution in [1.29, 1.82) is 0 Å². The summed E-state index contributed by atoms with van der Waals surface area (Å²) in [5.41, 5.74) is 3.27. The van der Waals surface area contributed by atoms with Crippen LogP contribution in [0.2, 0.25) is 0 Å².